The van der Waals surface area contributed by atoms with Gasteiger partial charge in [0.15, 0.2) is 0 Å². The molecule has 1 saturated heterocycles. The smallest absolute Gasteiger partial charge is 0.232 e. The molecule has 1 saturated carbocycles. The van der Waals surface area contributed by atoms with E-state index < -0.39 is 0 Å². The van der Waals surface area contributed by atoms with Crippen molar-refractivity contribution in [2.45, 2.75) is 51.7 Å². The number of amides is 2. The summed E-state index contributed by atoms with van der Waals surface area (Å²) in [4.78, 5) is 25.1. The Morgan fingerprint density at radius 3 is 2.16 bits per heavy atom. The molecule has 1 heterocycles. The Kier molecular flexibility index (Phi) is 4.58. The quantitative estimate of drug-likeness (QED) is 0.769. The van der Waals surface area contributed by atoms with Crippen molar-refractivity contribution in [1.82, 2.24) is 4.90 Å². The van der Waals surface area contributed by atoms with Crippen LogP contribution in [0.1, 0.15) is 39.5 Å². The van der Waals surface area contributed by atoms with Gasteiger partial charge < -0.3 is 10.5 Å². The molecule has 0 aromatic heterocycles. The van der Waals surface area contributed by atoms with Crippen molar-refractivity contribution in [2.24, 2.45) is 17.6 Å². The fraction of sp³-hybridized carbons (Fsp3) is 0.857. The van der Waals surface area contributed by atoms with E-state index in [9.17, 15) is 9.59 Å². The lowest BCUT2D eigenvalue weighted by Gasteiger charge is -2.26. The lowest BCUT2D eigenvalue weighted by molar-refractivity contribution is -0.141. The largest absolute Gasteiger partial charge is 0.376 e. The van der Waals surface area contributed by atoms with Crippen LogP contribution in [-0.4, -0.2) is 42.0 Å². The van der Waals surface area contributed by atoms with E-state index in [4.69, 9.17) is 10.5 Å². The van der Waals surface area contributed by atoms with Crippen molar-refractivity contribution in [3.63, 3.8) is 0 Å². The highest BCUT2D eigenvalue weighted by Crippen LogP contribution is 2.25. The highest BCUT2D eigenvalue weighted by molar-refractivity contribution is 6.04. The van der Waals surface area contributed by atoms with Crippen LogP contribution in [-0.2, 0) is 14.3 Å². The predicted molar refractivity (Wildman–Crippen MR) is 71.2 cm³/mol. The Balaban J connectivity index is 1.74. The van der Waals surface area contributed by atoms with Crippen molar-refractivity contribution in [3.05, 3.63) is 0 Å². The zero-order valence-corrected chi connectivity index (χ0v) is 11.8. The molecule has 1 aliphatic heterocycles. The molecule has 5 heteroatoms. The summed E-state index contributed by atoms with van der Waals surface area (Å²) in [6.07, 6.45) is 4.20. The monoisotopic (exact) mass is 268 g/mol. The number of nitrogens with zero attached hydrogens (tertiary/aromatic N) is 1. The van der Waals surface area contributed by atoms with Crippen LogP contribution in [0.4, 0.5) is 0 Å². The summed E-state index contributed by atoms with van der Waals surface area (Å²) in [6.45, 7) is 4.45. The van der Waals surface area contributed by atoms with E-state index >= 15 is 0 Å². The van der Waals surface area contributed by atoms with Gasteiger partial charge in [-0.05, 0) is 25.7 Å². The Morgan fingerprint density at radius 2 is 1.63 bits per heavy atom. The summed E-state index contributed by atoms with van der Waals surface area (Å²) in [6, 6.07) is 0.309. The van der Waals surface area contributed by atoms with E-state index in [0.717, 1.165) is 25.7 Å². The molecule has 0 aromatic rings. The molecule has 0 aromatic carbocycles. The first-order chi connectivity index (χ1) is 9.00. The van der Waals surface area contributed by atoms with Crippen LogP contribution in [0.3, 0.4) is 0 Å². The third-order valence-corrected chi connectivity index (χ3v) is 4.45. The van der Waals surface area contributed by atoms with E-state index in [1.807, 2.05) is 13.8 Å². The average molecular weight is 268 g/mol. The maximum absolute atomic E-state index is 11.9. The molecule has 2 N–H and O–H groups in total. The van der Waals surface area contributed by atoms with Crippen LogP contribution in [0.15, 0.2) is 0 Å². The molecule has 0 spiro atoms. The molecule has 2 unspecified atom stereocenters. The number of imide groups is 1. The topological polar surface area (TPSA) is 72.6 Å². The lowest BCUT2D eigenvalue weighted by Crippen LogP contribution is -2.36. The first-order valence-corrected chi connectivity index (χ1v) is 7.23. The summed E-state index contributed by atoms with van der Waals surface area (Å²) >= 11 is 0. The van der Waals surface area contributed by atoms with Crippen molar-refractivity contribution in [3.8, 4) is 0 Å². The van der Waals surface area contributed by atoms with Gasteiger partial charge in [-0.1, -0.05) is 13.8 Å². The van der Waals surface area contributed by atoms with Crippen LogP contribution in [0.25, 0.3) is 0 Å². The van der Waals surface area contributed by atoms with Gasteiger partial charge in [-0.15, -0.1) is 0 Å². The highest BCUT2D eigenvalue weighted by Gasteiger charge is 2.41. The number of likely N-dealkylation sites (tertiary alicyclic amines) is 1. The van der Waals surface area contributed by atoms with Crippen LogP contribution in [0, 0.1) is 11.8 Å². The van der Waals surface area contributed by atoms with Crippen molar-refractivity contribution in [1.29, 1.82) is 0 Å². The van der Waals surface area contributed by atoms with Gasteiger partial charge in [-0.25, -0.2) is 0 Å². The van der Waals surface area contributed by atoms with Crippen molar-refractivity contribution < 1.29 is 14.3 Å². The van der Waals surface area contributed by atoms with E-state index in [1.165, 1.54) is 4.90 Å². The summed E-state index contributed by atoms with van der Waals surface area (Å²) in [5, 5.41) is 0. The molecule has 2 rings (SSSR count). The molecule has 0 bridgehead atoms. The second kappa shape index (κ2) is 6.01. The van der Waals surface area contributed by atoms with Crippen LogP contribution in [0.2, 0.25) is 0 Å². The molecular weight excluding hydrogens is 244 g/mol. The Bertz CT molecular complexity index is 331. The van der Waals surface area contributed by atoms with Crippen molar-refractivity contribution in [2.75, 3.05) is 13.2 Å². The minimum Gasteiger partial charge on any atom is -0.376 e. The summed E-state index contributed by atoms with van der Waals surface area (Å²) in [5.41, 5.74) is 5.84. The number of nitrogens with two attached hydrogens (primary N) is 1. The van der Waals surface area contributed by atoms with Gasteiger partial charge in [0, 0.05) is 17.9 Å². The highest BCUT2D eigenvalue weighted by atomic mass is 16.5. The number of rotatable bonds is 4. The van der Waals surface area contributed by atoms with Gasteiger partial charge in [0.05, 0.1) is 19.3 Å². The molecule has 0 radical (unpaired) electrons. The third-order valence-electron chi connectivity index (χ3n) is 4.45. The summed E-state index contributed by atoms with van der Waals surface area (Å²) in [7, 11) is 0. The number of hydrogen-bond acceptors (Lipinski definition) is 4. The maximum Gasteiger partial charge on any atom is 0.232 e. The van der Waals surface area contributed by atoms with Gasteiger partial charge >= 0.3 is 0 Å². The van der Waals surface area contributed by atoms with Crippen LogP contribution in [0.5, 0.6) is 0 Å². The number of ether oxygens (including phenoxy) is 1. The molecule has 108 valence electrons. The average Bonchev–Trinajstić information content (AvgIpc) is 2.58. The zero-order valence-electron chi connectivity index (χ0n) is 11.8. The fourth-order valence-corrected chi connectivity index (χ4v) is 2.81. The van der Waals surface area contributed by atoms with Gasteiger partial charge in [0.2, 0.25) is 11.8 Å². The van der Waals surface area contributed by atoms with Crippen LogP contribution < -0.4 is 5.73 Å². The third kappa shape index (κ3) is 3.15. The number of hydrogen-bond donors (Lipinski definition) is 1. The standard InChI is InChI=1S/C14H24N2O3/c1-9-10(2)14(18)16(13(9)17)7-8-19-12-5-3-11(15)4-6-12/h9-12H,3-8,15H2,1-2H3. The van der Waals surface area contributed by atoms with E-state index in [0.29, 0.717) is 19.2 Å². The van der Waals surface area contributed by atoms with E-state index in [2.05, 4.69) is 0 Å². The number of carbonyl (C=O) groups excluding carboxylic acids is 2. The Hall–Kier alpha value is -0.940. The second-order valence-corrected chi connectivity index (χ2v) is 5.81. The summed E-state index contributed by atoms with van der Waals surface area (Å²) < 4.78 is 5.76. The van der Waals surface area contributed by atoms with E-state index in [-0.39, 0.29) is 29.8 Å². The van der Waals surface area contributed by atoms with Gasteiger partial charge in [-0.2, -0.15) is 0 Å². The second-order valence-electron chi connectivity index (χ2n) is 5.81. The predicted octanol–water partition coefficient (Wildman–Crippen LogP) is 0.914. The van der Waals surface area contributed by atoms with Gasteiger partial charge in [-0.3, -0.25) is 14.5 Å². The van der Waals surface area contributed by atoms with Crippen LogP contribution >= 0.6 is 0 Å². The fourth-order valence-electron chi connectivity index (χ4n) is 2.81. The minimum atomic E-state index is -0.194. The minimum absolute atomic E-state index is 0.0632. The van der Waals surface area contributed by atoms with Gasteiger partial charge in [0.25, 0.3) is 0 Å². The SMILES string of the molecule is CC1C(=O)N(CCOC2CCC(N)CC2)C(=O)C1C. The maximum atomic E-state index is 11.9. The zero-order chi connectivity index (χ0) is 14.0. The number of carbonyl (C=O) groups is 2. The lowest BCUT2D eigenvalue weighted by atomic mass is 9.94. The molecule has 2 amide bonds. The first-order valence-electron chi connectivity index (χ1n) is 7.23. The molecule has 2 fully saturated rings. The Labute approximate surface area is 114 Å². The summed E-state index contributed by atoms with van der Waals surface area (Å²) in [5.74, 6) is -0.515. The first kappa shape index (κ1) is 14.5. The molecule has 2 atom stereocenters. The molecular formula is C14H24N2O3. The molecule has 5 nitrogen and oxygen atoms in total. The Morgan fingerprint density at radius 1 is 1.11 bits per heavy atom. The molecule has 2 aliphatic rings. The molecule has 19 heavy (non-hydrogen) atoms. The van der Waals surface area contributed by atoms with E-state index in [1.54, 1.807) is 0 Å². The van der Waals surface area contributed by atoms with Crippen molar-refractivity contribution >= 4 is 11.8 Å². The molecule has 1 aliphatic carbocycles. The van der Waals surface area contributed by atoms with Gasteiger partial charge in [0.1, 0.15) is 0 Å². The normalized spacial score (nSPS) is 36.1.